The normalized spacial score (nSPS) is 11.9. The first kappa shape index (κ1) is 25.9. The van der Waals surface area contributed by atoms with Gasteiger partial charge in [0.15, 0.2) is 5.96 Å². The van der Waals surface area contributed by atoms with Gasteiger partial charge in [-0.2, -0.15) is 13.2 Å². The molecular weight excluding hydrogens is 534 g/mol. The summed E-state index contributed by atoms with van der Waals surface area (Å²) in [4.78, 5) is 12.4. The number of aliphatic imine (C=N–C) groups is 1. The summed E-state index contributed by atoms with van der Waals surface area (Å²) >= 11 is 0. The van der Waals surface area contributed by atoms with E-state index in [2.05, 4.69) is 30.3 Å². The molecular formula is C22H27F3IN5O. The van der Waals surface area contributed by atoms with E-state index in [-0.39, 0.29) is 30.6 Å². The van der Waals surface area contributed by atoms with Crippen LogP contribution in [0.1, 0.15) is 23.9 Å². The Bertz CT molecular complexity index is 956. The van der Waals surface area contributed by atoms with Crippen LogP contribution in [0.4, 0.5) is 13.2 Å². The number of nitrogens with one attached hydrogen (secondary N) is 3. The summed E-state index contributed by atoms with van der Waals surface area (Å²) in [6, 6.07) is 15.1. The van der Waals surface area contributed by atoms with Crippen molar-refractivity contribution in [3.8, 4) is 0 Å². The SMILES string of the molecule is CCNC(=NCc1ccc(COCC(F)(F)F)cc1)NCCc1nc2ccccc2[nH]1.I. The number of imidazole rings is 1. The lowest BCUT2D eigenvalue weighted by molar-refractivity contribution is -0.176. The Labute approximate surface area is 202 Å². The van der Waals surface area contributed by atoms with Crippen LogP contribution < -0.4 is 10.6 Å². The van der Waals surface area contributed by atoms with Crippen LogP contribution in [0.5, 0.6) is 0 Å². The van der Waals surface area contributed by atoms with Crippen molar-refractivity contribution in [1.29, 1.82) is 0 Å². The molecule has 10 heteroatoms. The first-order chi connectivity index (χ1) is 14.9. The molecule has 0 saturated carbocycles. The van der Waals surface area contributed by atoms with Gasteiger partial charge >= 0.3 is 6.18 Å². The Morgan fingerprint density at radius 2 is 1.78 bits per heavy atom. The van der Waals surface area contributed by atoms with Gasteiger partial charge in [0, 0.05) is 19.5 Å². The second-order valence-corrected chi connectivity index (χ2v) is 7.00. The number of ether oxygens (including phenoxy) is 1. The van der Waals surface area contributed by atoms with Gasteiger partial charge in [0.2, 0.25) is 0 Å². The topological polar surface area (TPSA) is 74.3 Å². The van der Waals surface area contributed by atoms with Gasteiger partial charge in [-0.1, -0.05) is 36.4 Å². The van der Waals surface area contributed by atoms with Gasteiger partial charge in [-0.25, -0.2) is 9.98 Å². The average molecular weight is 561 g/mol. The molecule has 0 aliphatic heterocycles. The van der Waals surface area contributed by atoms with Crippen molar-refractivity contribution < 1.29 is 17.9 Å². The number of hydrogen-bond acceptors (Lipinski definition) is 3. The third kappa shape index (κ3) is 8.65. The van der Waals surface area contributed by atoms with Crippen LogP contribution in [0.15, 0.2) is 53.5 Å². The van der Waals surface area contributed by atoms with Crippen LogP contribution in [0, 0.1) is 0 Å². The van der Waals surface area contributed by atoms with Gasteiger partial charge in [0.1, 0.15) is 12.4 Å². The Hall–Kier alpha value is -2.34. The Kier molecular flexibility index (Phi) is 10.2. The number of aromatic nitrogens is 2. The maximum absolute atomic E-state index is 12.1. The summed E-state index contributed by atoms with van der Waals surface area (Å²) in [5.74, 6) is 1.60. The van der Waals surface area contributed by atoms with Gasteiger partial charge in [-0.05, 0) is 30.2 Å². The molecule has 174 valence electrons. The molecule has 0 bridgehead atoms. The smallest absolute Gasteiger partial charge is 0.367 e. The maximum Gasteiger partial charge on any atom is 0.411 e. The van der Waals surface area contributed by atoms with Crippen molar-refractivity contribution in [2.45, 2.75) is 32.7 Å². The van der Waals surface area contributed by atoms with Gasteiger partial charge in [-0.15, -0.1) is 24.0 Å². The van der Waals surface area contributed by atoms with Gasteiger partial charge in [0.05, 0.1) is 24.2 Å². The third-order valence-corrected chi connectivity index (χ3v) is 4.41. The number of alkyl halides is 3. The van der Waals surface area contributed by atoms with Crippen LogP contribution in [-0.4, -0.2) is 41.8 Å². The van der Waals surface area contributed by atoms with E-state index in [1.165, 1.54) is 0 Å². The monoisotopic (exact) mass is 561 g/mol. The minimum Gasteiger partial charge on any atom is -0.367 e. The minimum absolute atomic E-state index is 0. The van der Waals surface area contributed by atoms with E-state index in [1.807, 2.05) is 43.3 Å². The molecule has 0 spiro atoms. The number of guanidine groups is 1. The molecule has 3 aromatic rings. The van der Waals surface area contributed by atoms with E-state index in [4.69, 9.17) is 0 Å². The molecule has 0 radical (unpaired) electrons. The fourth-order valence-electron chi connectivity index (χ4n) is 2.96. The lowest BCUT2D eigenvalue weighted by Gasteiger charge is -2.11. The first-order valence-corrected chi connectivity index (χ1v) is 10.1. The van der Waals surface area contributed by atoms with Crippen molar-refractivity contribution in [2.75, 3.05) is 19.7 Å². The highest BCUT2D eigenvalue weighted by Gasteiger charge is 2.27. The summed E-state index contributed by atoms with van der Waals surface area (Å²) in [5.41, 5.74) is 3.61. The largest absolute Gasteiger partial charge is 0.411 e. The standard InChI is InChI=1S/C22H26F3N5O.HI/c1-2-26-21(27-12-11-20-29-18-5-3-4-6-19(18)30-20)28-13-16-7-9-17(10-8-16)14-31-15-22(23,24)25;/h3-10H,2,11-15H2,1H3,(H,29,30)(H2,26,27,28);1H. The Morgan fingerprint density at radius 1 is 1.06 bits per heavy atom. The number of H-pyrrole nitrogens is 1. The van der Waals surface area contributed by atoms with Crippen LogP contribution in [0.2, 0.25) is 0 Å². The molecule has 2 aromatic carbocycles. The molecule has 32 heavy (non-hydrogen) atoms. The highest BCUT2D eigenvalue weighted by molar-refractivity contribution is 14.0. The summed E-state index contributed by atoms with van der Waals surface area (Å²) < 4.78 is 41.1. The van der Waals surface area contributed by atoms with E-state index in [9.17, 15) is 13.2 Å². The average Bonchev–Trinajstić information content (AvgIpc) is 3.15. The van der Waals surface area contributed by atoms with Crippen LogP contribution >= 0.6 is 24.0 Å². The summed E-state index contributed by atoms with van der Waals surface area (Å²) in [6.07, 6.45) is -3.58. The minimum atomic E-state index is -4.31. The second kappa shape index (κ2) is 12.6. The second-order valence-electron chi connectivity index (χ2n) is 7.00. The molecule has 0 fully saturated rings. The summed E-state index contributed by atoms with van der Waals surface area (Å²) in [7, 11) is 0. The maximum atomic E-state index is 12.1. The van der Waals surface area contributed by atoms with E-state index < -0.39 is 12.8 Å². The number of fused-ring (bicyclic) bond motifs is 1. The number of aromatic amines is 1. The lowest BCUT2D eigenvalue weighted by atomic mass is 10.1. The molecule has 0 atom stereocenters. The van der Waals surface area contributed by atoms with Gasteiger partial charge in [0.25, 0.3) is 0 Å². The molecule has 1 aromatic heterocycles. The Balaban J connectivity index is 0.00000363. The number of para-hydroxylation sites is 2. The van der Waals surface area contributed by atoms with E-state index in [1.54, 1.807) is 12.1 Å². The number of benzene rings is 2. The zero-order chi connectivity index (χ0) is 22.1. The Morgan fingerprint density at radius 3 is 2.47 bits per heavy atom. The number of rotatable bonds is 9. The number of hydrogen-bond donors (Lipinski definition) is 3. The van der Waals surface area contributed by atoms with E-state index >= 15 is 0 Å². The molecule has 3 rings (SSSR count). The molecule has 0 amide bonds. The quantitative estimate of drug-likeness (QED) is 0.204. The zero-order valence-corrected chi connectivity index (χ0v) is 20.0. The van der Waals surface area contributed by atoms with Crippen molar-refractivity contribution in [3.63, 3.8) is 0 Å². The highest BCUT2D eigenvalue weighted by Crippen LogP contribution is 2.16. The van der Waals surface area contributed by atoms with Crippen molar-refractivity contribution >= 4 is 41.0 Å². The van der Waals surface area contributed by atoms with E-state index in [0.29, 0.717) is 24.6 Å². The highest BCUT2D eigenvalue weighted by atomic mass is 127. The number of nitrogens with zero attached hydrogens (tertiary/aromatic N) is 2. The van der Waals surface area contributed by atoms with Crippen molar-refractivity contribution in [3.05, 3.63) is 65.5 Å². The fraction of sp³-hybridized carbons (Fsp3) is 0.364. The number of halogens is 4. The third-order valence-electron chi connectivity index (χ3n) is 4.41. The fourth-order valence-corrected chi connectivity index (χ4v) is 2.96. The van der Waals surface area contributed by atoms with Crippen LogP contribution in [0.3, 0.4) is 0 Å². The summed E-state index contributed by atoms with van der Waals surface area (Å²) in [5, 5.41) is 6.49. The van der Waals surface area contributed by atoms with Gasteiger partial charge in [-0.3, -0.25) is 0 Å². The molecule has 0 unspecified atom stereocenters. The molecule has 1 heterocycles. The van der Waals surface area contributed by atoms with Crippen LogP contribution in [-0.2, 0) is 24.3 Å². The predicted molar refractivity (Wildman–Crippen MR) is 130 cm³/mol. The van der Waals surface area contributed by atoms with E-state index in [0.717, 1.165) is 35.4 Å². The molecule has 0 aliphatic rings. The zero-order valence-electron chi connectivity index (χ0n) is 17.7. The molecule has 0 aliphatic carbocycles. The lowest BCUT2D eigenvalue weighted by Crippen LogP contribution is -2.38. The van der Waals surface area contributed by atoms with Crippen molar-refractivity contribution in [2.24, 2.45) is 4.99 Å². The molecule has 0 saturated heterocycles. The first-order valence-electron chi connectivity index (χ1n) is 10.1. The predicted octanol–water partition coefficient (Wildman–Crippen LogP) is 4.56. The molecule has 3 N–H and O–H groups in total. The van der Waals surface area contributed by atoms with Crippen LogP contribution in [0.25, 0.3) is 11.0 Å². The van der Waals surface area contributed by atoms with Crippen molar-refractivity contribution in [1.82, 2.24) is 20.6 Å². The molecule has 6 nitrogen and oxygen atoms in total. The van der Waals surface area contributed by atoms with Gasteiger partial charge < -0.3 is 20.4 Å². The summed E-state index contributed by atoms with van der Waals surface area (Å²) in [6.45, 7) is 2.52.